The number of benzene rings is 2. The average molecular weight is 564 g/mol. The summed E-state index contributed by atoms with van der Waals surface area (Å²) in [5.74, 6) is -0.254. The van der Waals surface area contributed by atoms with Crippen molar-refractivity contribution in [3.8, 4) is 5.75 Å². The number of aliphatic hydroxyl groups excluding tert-OH is 1. The summed E-state index contributed by atoms with van der Waals surface area (Å²) in [6.07, 6.45) is 1.72. The lowest BCUT2D eigenvalue weighted by molar-refractivity contribution is -0.115. The molecule has 41 heavy (non-hydrogen) atoms. The third kappa shape index (κ3) is 6.82. The molecule has 10 heteroatoms. The first kappa shape index (κ1) is 29.9. The van der Waals surface area contributed by atoms with Gasteiger partial charge in [-0.2, -0.15) is 0 Å². The predicted octanol–water partition coefficient (Wildman–Crippen LogP) is 3.63. The SMILES string of the molecule is CC(C)NC(=O)N(C)C[C@H]1Oc2ccc(NC(=O)Cc3cn(C)c4ccccc34)cc2C(=O)N([C@H](C)CO)C[C@@H]1C. The first-order valence-corrected chi connectivity index (χ1v) is 14.0. The number of carbonyl (C=O) groups is 3. The van der Waals surface area contributed by atoms with Crippen LogP contribution in [0.1, 0.15) is 43.6 Å². The van der Waals surface area contributed by atoms with Gasteiger partial charge in [-0.05, 0) is 50.6 Å². The highest BCUT2D eigenvalue weighted by Gasteiger charge is 2.34. The van der Waals surface area contributed by atoms with Crippen molar-refractivity contribution in [2.75, 3.05) is 32.1 Å². The van der Waals surface area contributed by atoms with Crippen LogP contribution in [0.4, 0.5) is 10.5 Å². The Hall–Kier alpha value is -4.05. The van der Waals surface area contributed by atoms with Crippen LogP contribution in [0, 0.1) is 5.92 Å². The number of likely N-dealkylation sites (N-methyl/N-ethyl adjacent to an activating group) is 1. The molecule has 0 spiro atoms. The molecule has 0 saturated heterocycles. The molecule has 0 fully saturated rings. The lowest BCUT2D eigenvalue weighted by atomic mass is 9.99. The number of hydrogen-bond acceptors (Lipinski definition) is 5. The largest absolute Gasteiger partial charge is 0.487 e. The number of amides is 4. The lowest BCUT2D eigenvalue weighted by Crippen LogP contribution is -2.51. The average Bonchev–Trinajstić information content (AvgIpc) is 3.24. The first-order valence-electron chi connectivity index (χ1n) is 14.0. The second kappa shape index (κ2) is 12.6. The number of fused-ring (bicyclic) bond motifs is 2. The molecule has 10 nitrogen and oxygen atoms in total. The van der Waals surface area contributed by atoms with E-state index in [1.54, 1.807) is 42.0 Å². The van der Waals surface area contributed by atoms with Crippen LogP contribution in [-0.2, 0) is 18.3 Å². The smallest absolute Gasteiger partial charge is 0.317 e. The maximum Gasteiger partial charge on any atom is 0.317 e. The van der Waals surface area contributed by atoms with Gasteiger partial charge in [-0.3, -0.25) is 9.59 Å². The Labute approximate surface area is 241 Å². The summed E-state index contributed by atoms with van der Waals surface area (Å²) in [5.41, 5.74) is 2.73. The number of aliphatic hydroxyl groups is 1. The molecular formula is C31H41N5O5. The second-order valence-electron chi connectivity index (χ2n) is 11.3. The van der Waals surface area contributed by atoms with Crippen molar-refractivity contribution in [1.82, 2.24) is 19.7 Å². The number of carbonyl (C=O) groups excluding carboxylic acids is 3. The molecule has 1 aromatic heterocycles. The monoisotopic (exact) mass is 563 g/mol. The highest BCUT2D eigenvalue weighted by Crippen LogP contribution is 2.31. The summed E-state index contributed by atoms with van der Waals surface area (Å²) in [4.78, 5) is 42.6. The quantitative estimate of drug-likeness (QED) is 0.387. The third-order valence-corrected chi connectivity index (χ3v) is 7.49. The molecule has 1 aliphatic heterocycles. The highest BCUT2D eigenvalue weighted by molar-refractivity contribution is 6.00. The van der Waals surface area contributed by atoms with E-state index >= 15 is 0 Å². The number of anilines is 1. The van der Waals surface area contributed by atoms with E-state index in [0.29, 0.717) is 30.1 Å². The number of urea groups is 1. The van der Waals surface area contributed by atoms with Crippen molar-refractivity contribution in [3.05, 3.63) is 59.8 Å². The minimum Gasteiger partial charge on any atom is -0.487 e. The summed E-state index contributed by atoms with van der Waals surface area (Å²) in [5, 5.41) is 16.7. The predicted molar refractivity (Wildman–Crippen MR) is 159 cm³/mol. The van der Waals surface area contributed by atoms with E-state index in [9.17, 15) is 19.5 Å². The molecule has 4 amide bonds. The molecular weight excluding hydrogens is 522 g/mol. The molecule has 3 N–H and O–H groups in total. The topological polar surface area (TPSA) is 116 Å². The summed E-state index contributed by atoms with van der Waals surface area (Å²) >= 11 is 0. The Bertz CT molecular complexity index is 1420. The van der Waals surface area contributed by atoms with Crippen LogP contribution in [-0.4, -0.2) is 82.3 Å². The minimum absolute atomic E-state index is 0.00545. The number of para-hydroxylation sites is 1. The van der Waals surface area contributed by atoms with Gasteiger partial charge in [-0.25, -0.2) is 4.79 Å². The van der Waals surface area contributed by atoms with E-state index in [0.717, 1.165) is 16.5 Å². The van der Waals surface area contributed by atoms with Gasteiger partial charge in [0.2, 0.25) is 5.91 Å². The summed E-state index contributed by atoms with van der Waals surface area (Å²) in [6.45, 7) is 8.00. The molecule has 0 radical (unpaired) electrons. The van der Waals surface area contributed by atoms with Gasteiger partial charge < -0.3 is 34.8 Å². The first-order chi connectivity index (χ1) is 19.5. The Morgan fingerprint density at radius 1 is 1.17 bits per heavy atom. The fourth-order valence-corrected chi connectivity index (χ4v) is 5.17. The Morgan fingerprint density at radius 3 is 2.61 bits per heavy atom. The van der Waals surface area contributed by atoms with Gasteiger partial charge in [0.1, 0.15) is 11.9 Å². The second-order valence-corrected chi connectivity index (χ2v) is 11.3. The Balaban J connectivity index is 1.59. The van der Waals surface area contributed by atoms with Crippen LogP contribution in [0.2, 0.25) is 0 Å². The number of hydrogen-bond donors (Lipinski definition) is 3. The number of aromatic nitrogens is 1. The van der Waals surface area contributed by atoms with Crippen molar-refractivity contribution >= 4 is 34.4 Å². The molecule has 0 unspecified atom stereocenters. The van der Waals surface area contributed by atoms with E-state index in [2.05, 4.69) is 10.6 Å². The van der Waals surface area contributed by atoms with Crippen molar-refractivity contribution in [3.63, 3.8) is 0 Å². The van der Waals surface area contributed by atoms with Crippen LogP contribution in [0.25, 0.3) is 10.9 Å². The van der Waals surface area contributed by atoms with Gasteiger partial charge in [-0.1, -0.05) is 25.1 Å². The highest BCUT2D eigenvalue weighted by atomic mass is 16.5. The van der Waals surface area contributed by atoms with Gasteiger partial charge in [0.15, 0.2) is 0 Å². The molecule has 1 aliphatic rings. The van der Waals surface area contributed by atoms with Crippen LogP contribution >= 0.6 is 0 Å². The molecule has 0 bridgehead atoms. The molecule has 4 rings (SSSR count). The van der Waals surface area contributed by atoms with Crippen molar-refractivity contribution < 1.29 is 24.2 Å². The summed E-state index contributed by atoms with van der Waals surface area (Å²) < 4.78 is 8.36. The van der Waals surface area contributed by atoms with Crippen LogP contribution < -0.4 is 15.4 Å². The molecule has 3 aromatic rings. The fraction of sp³-hybridized carbons (Fsp3) is 0.452. The maximum absolute atomic E-state index is 13.7. The number of nitrogens with one attached hydrogen (secondary N) is 2. The number of aryl methyl sites for hydroxylation is 1. The number of rotatable bonds is 8. The van der Waals surface area contributed by atoms with Crippen molar-refractivity contribution in [1.29, 1.82) is 0 Å². The maximum atomic E-state index is 13.7. The molecule has 3 atom stereocenters. The zero-order valence-electron chi connectivity index (χ0n) is 24.7. The molecule has 2 heterocycles. The summed E-state index contributed by atoms with van der Waals surface area (Å²) in [6, 6.07) is 12.3. The molecule has 220 valence electrons. The van der Waals surface area contributed by atoms with Gasteiger partial charge in [0.25, 0.3) is 5.91 Å². The van der Waals surface area contributed by atoms with Crippen LogP contribution in [0.5, 0.6) is 5.75 Å². The Kier molecular flexibility index (Phi) is 9.22. The van der Waals surface area contributed by atoms with Gasteiger partial charge >= 0.3 is 6.03 Å². The number of ether oxygens (including phenoxy) is 1. The summed E-state index contributed by atoms with van der Waals surface area (Å²) in [7, 11) is 3.66. The number of nitrogens with zero attached hydrogens (tertiary/aromatic N) is 3. The molecule has 2 aromatic carbocycles. The van der Waals surface area contributed by atoms with Crippen LogP contribution in [0.3, 0.4) is 0 Å². The van der Waals surface area contributed by atoms with Crippen molar-refractivity contribution in [2.24, 2.45) is 13.0 Å². The van der Waals surface area contributed by atoms with E-state index in [-0.39, 0.29) is 42.8 Å². The lowest BCUT2D eigenvalue weighted by Gasteiger charge is -2.38. The fourth-order valence-electron chi connectivity index (χ4n) is 5.17. The van der Waals surface area contributed by atoms with Crippen molar-refractivity contribution in [2.45, 2.75) is 52.3 Å². The molecule has 0 saturated carbocycles. The van der Waals surface area contributed by atoms with Gasteiger partial charge in [0.05, 0.1) is 31.2 Å². The normalized spacial score (nSPS) is 17.9. The van der Waals surface area contributed by atoms with E-state index in [1.165, 1.54) is 0 Å². The van der Waals surface area contributed by atoms with Gasteiger partial charge in [-0.15, -0.1) is 0 Å². The standard InChI is InChI=1S/C31H41N5O5/c1-19(2)32-31(40)35(6)17-28-20(3)15-36(21(4)18-37)30(39)25-14-23(11-12-27(25)41-28)33-29(38)13-22-16-34(5)26-10-8-7-9-24(22)26/h7-12,14,16,19-21,28,37H,13,15,17-18H2,1-6H3,(H,32,40)(H,33,38)/t20-,21+,28+/m0/s1. The zero-order chi connectivity index (χ0) is 29.8. The Morgan fingerprint density at radius 2 is 1.90 bits per heavy atom. The minimum atomic E-state index is -0.428. The zero-order valence-corrected chi connectivity index (χ0v) is 24.7. The van der Waals surface area contributed by atoms with E-state index in [4.69, 9.17) is 4.74 Å². The molecule has 0 aliphatic carbocycles. The van der Waals surface area contributed by atoms with E-state index in [1.807, 2.05) is 62.8 Å². The van der Waals surface area contributed by atoms with E-state index < -0.39 is 12.1 Å². The third-order valence-electron chi connectivity index (χ3n) is 7.49. The van der Waals surface area contributed by atoms with Gasteiger partial charge in [0, 0.05) is 55.4 Å². The van der Waals surface area contributed by atoms with Crippen LogP contribution in [0.15, 0.2) is 48.7 Å².